The predicted octanol–water partition coefficient (Wildman–Crippen LogP) is 1.61. The van der Waals surface area contributed by atoms with Crippen molar-refractivity contribution in [1.82, 2.24) is 14.9 Å². The normalized spacial score (nSPS) is 17.2. The number of carbonyl (C=O) groups is 1. The van der Waals surface area contributed by atoms with Crippen LogP contribution in [0.3, 0.4) is 0 Å². The first-order chi connectivity index (χ1) is 13.6. The van der Waals surface area contributed by atoms with Gasteiger partial charge in [-0.25, -0.2) is 4.98 Å². The SMILES string of the molecule is CN(C)c1nc(N2CCOCC2)nc2c1CCN(C(=O)Cc1cccs1)CC2. The summed E-state index contributed by atoms with van der Waals surface area (Å²) in [5, 5.41) is 2.02. The third kappa shape index (κ3) is 4.12. The Bertz CT molecular complexity index is 818. The molecule has 2 aromatic heterocycles. The van der Waals surface area contributed by atoms with E-state index in [4.69, 9.17) is 14.7 Å². The summed E-state index contributed by atoms with van der Waals surface area (Å²) >= 11 is 1.64. The predicted molar refractivity (Wildman–Crippen MR) is 111 cm³/mol. The van der Waals surface area contributed by atoms with Gasteiger partial charge < -0.3 is 19.4 Å². The number of morpholine rings is 1. The molecule has 0 aliphatic carbocycles. The number of thiophene rings is 1. The maximum atomic E-state index is 12.8. The van der Waals surface area contributed by atoms with Gasteiger partial charge in [-0.3, -0.25) is 4.79 Å². The number of anilines is 2. The lowest BCUT2D eigenvalue weighted by atomic mass is 10.1. The highest BCUT2D eigenvalue weighted by molar-refractivity contribution is 7.10. The summed E-state index contributed by atoms with van der Waals surface area (Å²) < 4.78 is 5.46. The van der Waals surface area contributed by atoms with Crippen LogP contribution in [-0.2, 0) is 28.8 Å². The summed E-state index contributed by atoms with van der Waals surface area (Å²) in [6.45, 7) is 4.49. The molecule has 0 spiro atoms. The first kappa shape index (κ1) is 19.1. The lowest BCUT2D eigenvalue weighted by Gasteiger charge is -2.28. The quantitative estimate of drug-likeness (QED) is 0.776. The van der Waals surface area contributed by atoms with Crippen LogP contribution >= 0.6 is 11.3 Å². The highest BCUT2D eigenvalue weighted by atomic mass is 32.1. The van der Waals surface area contributed by atoms with Crippen molar-refractivity contribution in [3.8, 4) is 0 Å². The first-order valence-electron chi connectivity index (χ1n) is 9.82. The van der Waals surface area contributed by atoms with Crippen LogP contribution < -0.4 is 9.80 Å². The molecule has 28 heavy (non-hydrogen) atoms. The van der Waals surface area contributed by atoms with Gasteiger partial charge in [0.2, 0.25) is 11.9 Å². The zero-order valence-corrected chi connectivity index (χ0v) is 17.4. The zero-order valence-electron chi connectivity index (χ0n) is 16.6. The van der Waals surface area contributed by atoms with Gasteiger partial charge in [-0.05, 0) is 17.9 Å². The highest BCUT2D eigenvalue weighted by Gasteiger charge is 2.25. The molecule has 7 nitrogen and oxygen atoms in total. The molecule has 0 unspecified atom stereocenters. The fourth-order valence-electron chi connectivity index (χ4n) is 3.76. The molecule has 0 N–H and O–H groups in total. The van der Waals surface area contributed by atoms with E-state index in [1.807, 2.05) is 36.5 Å². The molecule has 2 aliphatic rings. The highest BCUT2D eigenvalue weighted by Crippen LogP contribution is 2.27. The molecule has 0 radical (unpaired) electrons. The summed E-state index contributed by atoms with van der Waals surface area (Å²) in [6, 6.07) is 4.02. The van der Waals surface area contributed by atoms with E-state index >= 15 is 0 Å². The summed E-state index contributed by atoms with van der Waals surface area (Å²) in [6.07, 6.45) is 2.05. The van der Waals surface area contributed by atoms with Crippen LogP contribution in [0.2, 0.25) is 0 Å². The molecular weight excluding hydrogens is 374 g/mol. The molecule has 1 amide bonds. The van der Waals surface area contributed by atoms with Crippen LogP contribution in [0.4, 0.5) is 11.8 Å². The molecule has 2 aromatic rings. The van der Waals surface area contributed by atoms with Gasteiger partial charge >= 0.3 is 0 Å². The Morgan fingerprint density at radius 1 is 1.18 bits per heavy atom. The summed E-state index contributed by atoms with van der Waals surface area (Å²) in [5.74, 6) is 1.95. The molecule has 4 heterocycles. The zero-order chi connectivity index (χ0) is 19.5. The van der Waals surface area contributed by atoms with E-state index in [0.717, 1.165) is 54.8 Å². The van der Waals surface area contributed by atoms with E-state index in [1.165, 1.54) is 5.56 Å². The average Bonchev–Trinajstić information content (AvgIpc) is 3.11. The van der Waals surface area contributed by atoms with E-state index in [2.05, 4.69) is 9.80 Å². The fourth-order valence-corrected chi connectivity index (χ4v) is 4.46. The van der Waals surface area contributed by atoms with Crippen molar-refractivity contribution in [1.29, 1.82) is 0 Å². The van der Waals surface area contributed by atoms with Gasteiger partial charge in [0.05, 0.1) is 25.3 Å². The van der Waals surface area contributed by atoms with Gasteiger partial charge in [-0.15, -0.1) is 11.3 Å². The second-order valence-electron chi connectivity index (χ2n) is 7.40. The molecule has 8 heteroatoms. The van der Waals surface area contributed by atoms with Crippen molar-refractivity contribution in [2.24, 2.45) is 0 Å². The number of hydrogen-bond acceptors (Lipinski definition) is 7. The number of aromatic nitrogens is 2. The van der Waals surface area contributed by atoms with Gasteiger partial charge in [0, 0.05) is 57.1 Å². The smallest absolute Gasteiger partial charge is 0.227 e. The summed E-state index contributed by atoms with van der Waals surface area (Å²) in [4.78, 5) is 29.9. The average molecular weight is 402 g/mol. The largest absolute Gasteiger partial charge is 0.378 e. The van der Waals surface area contributed by atoms with E-state index in [-0.39, 0.29) is 5.91 Å². The molecule has 0 atom stereocenters. The number of fused-ring (bicyclic) bond motifs is 1. The molecule has 0 bridgehead atoms. The standard InChI is InChI=1S/C20H27N5O2S/c1-23(2)19-16-5-7-24(18(26)14-15-4-3-13-28-15)8-6-17(16)21-20(22-19)25-9-11-27-12-10-25/h3-4,13H,5-12,14H2,1-2H3. The molecule has 0 saturated carbocycles. The number of carbonyl (C=O) groups excluding carboxylic acids is 1. The number of amides is 1. The Hall–Kier alpha value is -2.19. The van der Waals surface area contributed by atoms with Crippen molar-refractivity contribution >= 4 is 29.0 Å². The molecular formula is C20H27N5O2S. The molecule has 2 aliphatic heterocycles. The molecule has 150 valence electrons. The Morgan fingerprint density at radius 3 is 2.68 bits per heavy atom. The minimum absolute atomic E-state index is 0.197. The van der Waals surface area contributed by atoms with Crippen LogP contribution in [-0.4, -0.2) is 74.3 Å². The van der Waals surface area contributed by atoms with Crippen LogP contribution in [0.25, 0.3) is 0 Å². The van der Waals surface area contributed by atoms with Gasteiger partial charge in [0.1, 0.15) is 5.82 Å². The lowest BCUT2D eigenvalue weighted by molar-refractivity contribution is -0.130. The van der Waals surface area contributed by atoms with Crippen LogP contribution in [0.15, 0.2) is 17.5 Å². The van der Waals surface area contributed by atoms with Crippen molar-refractivity contribution in [3.63, 3.8) is 0 Å². The molecule has 0 aromatic carbocycles. The maximum Gasteiger partial charge on any atom is 0.227 e. The monoisotopic (exact) mass is 401 g/mol. The Kier molecular flexibility index (Phi) is 5.77. The second kappa shape index (κ2) is 8.45. The molecule has 4 rings (SSSR count). The molecule has 1 saturated heterocycles. The number of hydrogen-bond donors (Lipinski definition) is 0. The number of ether oxygens (including phenoxy) is 1. The fraction of sp³-hybridized carbons (Fsp3) is 0.550. The number of rotatable bonds is 4. The second-order valence-corrected chi connectivity index (χ2v) is 8.44. The van der Waals surface area contributed by atoms with Crippen molar-refractivity contribution in [2.75, 3.05) is 63.3 Å². The van der Waals surface area contributed by atoms with Gasteiger partial charge in [-0.1, -0.05) is 6.07 Å². The minimum Gasteiger partial charge on any atom is -0.378 e. The third-order valence-corrected chi connectivity index (χ3v) is 6.16. The topological polar surface area (TPSA) is 61.8 Å². The maximum absolute atomic E-state index is 12.8. The molecule has 1 fully saturated rings. The van der Waals surface area contributed by atoms with Crippen LogP contribution in [0.5, 0.6) is 0 Å². The van der Waals surface area contributed by atoms with Gasteiger partial charge in [0.15, 0.2) is 0 Å². The number of nitrogens with zero attached hydrogens (tertiary/aromatic N) is 5. The Morgan fingerprint density at radius 2 is 1.96 bits per heavy atom. The van der Waals surface area contributed by atoms with Crippen molar-refractivity contribution in [2.45, 2.75) is 19.3 Å². The van der Waals surface area contributed by atoms with Crippen molar-refractivity contribution in [3.05, 3.63) is 33.6 Å². The van der Waals surface area contributed by atoms with E-state index in [1.54, 1.807) is 11.3 Å². The minimum atomic E-state index is 0.197. The van der Waals surface area contributed by atoms with E-state index < -0.39 is 0 Å². The van der Waals surface area contributed by atoms with Gasteiger partial charge in [0.25, 0.3) is 0 Å². The summed E-state index contributed by atoms with van der Waals surface area (Å²) in [7, 11) is 4.05. The van der Waals surface area contributed by atoms with E-state index in [9.17, 15) is 4.79 Å². The first-order valence-corrected chi connectivity index (χ1v) is 10.7. The summed E-state index contributed by atoms with van der Waals surface area (Å²) in [5.41, 5.74) is 2.25. The lowest BCUT2D eigenvalue weighted by Crippen LogP contribution is -2.38. The Labute approximate surface area is 169 Å². The van der Waals surface area contributed by atoms with Crippen molar-refractivity contribution < 1.29 is 9.53 Å². The van der Waals surface area contributed by atoms with Crippen LogP contribution in [0.1, 0.15) is 16.1 Å². The third-order valence-electron chi connectivity index (χ3n) is 5.29. The Balaban J connectivity index is 1.55. The van der Waals surface area contributed by atoms with E-state index in [0.29, 0.717) is 26.2 Å². The van der Waals surface area contributed by atoms with Crippen LogP contribution in [0, 0.1) is 0 Å². The van der Waals surface area contributed by atoms with Gasteiger partial charge in [-0.2, -0.15) is 4.98 Å².